The molecule has 0 spiro atoms. The van der Waals surface area contributed by atoms with Gasteiger partial charge in [-0.1, -0.05) is 6.07 Å². The quantitative estimate of drug-likeness (QED) is 0.890. The molecule has 0 fully saturated rings. The van der Waals surface area contributed by atoms with Crippen LogP contribution < -0.4 is 0 Å². The Morgan fingerprint density at radius 3 is 2.33 bits per heavy atom. The van der Waals surface area contributed by atoms with Crippen LogP contribution in [0, 0.1) is 13.8 Å². The van der Waals surface area contributed by atoms with E-state index in [0.29, 0.717) is 18.7 Å². The Balaban J connectivity index is 2.93. The molecule has 0 aromatic heterocycles. The number of aliphatic hydroxyl groups is 1. The molecule has 0 heterocycles. The third kappa shape index (κ3) is 3.84. The van der Waals surface area contributed by atoms with Crippen molar-refractivity contribution in [1.29, 1.82) is 0 Å². The summed E-state index contributed by atoms with van der Waals surface area (Å²) < 4.78 is 0. The number of likely N-dealkylation sites (N-methyl/N-ethyl adjacent to an activating group) is 1. The van der Waals surface area contributed by atoms with E-state index in [9.17, 15) is 9.90 Å². The third-order valence-corrected chi connectivity index (χ3v) is 3.00. The summed E-state index contributed by atoms with van der Waals surface area (Å²) in [6, 6.07) is 5.71. The molecule has 0 radical (unpaired) electrons. The van der Waals surface area contributed by atoms with Gasteiger partial charge in [-0.3, -0.25) is 4.79 Å². The molecule has 0 bridgehead atoms. The van der Waals surface area contributed by atoms with E-state index in [-0.39, 0.29) is 5.91 Å². The summed E-state index contributed by atoms with van der Waals surface area (Å²) in [5.74, 6) is -0.0253. The van der Waals surface area contributed by atoms with Crippen molar-refractivity contribution in [3.8, 4) is 0 Å². The maximum atomic E-state index is 12.3. The average molecular weight is 249 g/mol. The summed E-state index contributed by atoms with van der Waals surface area (Å²) in [5.41, 5.74) is 2.10. The van der Waals surface area contributed by atoms with Gasteiger partial charge in [-0.2, -0.15) is 0 Å². The lowest BCUT2D eigenvalue weighted by Gasteiger charge is -2.28. The number of hydrogen-bond donors (Lipinski definition) is 1. The molecular formula is C15H23NO2. The van der Waals surface area contributed by atoms with E-state index in [1.54, 1.807) is 18.7 Å². The van der Waals surface area contributed by atoms with E-state index < -0.39 is 5.60 Å². The van der Waals surface area contributed by atoms with Crippen LogP contribution in [0.5, 0.6) is 0 Å². The average Bonchev–Trinajstić information content (AvgIpc) is 2.27. The minimum Gasteiger partial charge on any atom is -0.389 e. The van der Waals surface area contributed by atoms with Gasteiger partial charge in [-0.05, 0) is 57.9 Å². The van der Waals surface area contributed by atoms with Gasteiger partial charge in [-0.15, -0.1) is 0 Å². The minimum atomic E-state index is -0.870. The fourth-order valence-electron chi connectivity index (χ4n) is 1.85. The van der Waals surface area contributed by atoms with Gasteiger partial charge in [0, 0.05) is 18.7 Å². The van der Waals surface area contributed by atoms with Crippen LogP contribution in [0.3, 0.4) is 0 Å². The van der Waals surface area contributed by atoms with Gasteiger partial charge in [0.1, 0.15) is 0 Å². The Hall–Kier alpha value is -1.35. The van der Waals surface area contributed by atoms with Gasteiger partial charge in [0.2, 0.25) is 0 Å². The number of carbonyl (C=O) groups is 1. The van der Waals surface area contributed by atoms with Crippen LogP contribution >= 0.6 is 0 Å². The van der Waals surface area contributed by atoms with Crippen molar-refractivity contribution in [2.75, 3.05) is 13.1 Å². The van der Waals surface area contributed by atoms with Crippen molar-refractivity contribution < 1.29 is 9.90 Å². The summed E-state index contributed by atoms with van der Waals surface area (Å²) >= 11 is 0. The Morgan fingerprint density at radius 1 is 1.28 bits per heavy atom. The van der Waals surface area contributed by atoms with Crippen molar-refractivity contribution in [2.45, 2.75) is 40.2 Å². The summed E-state index contributed by atoms with van der Waals surface area (Å²) in [5, 5.41) is 9.82. The van der Waals surface area contributed by atoms with E-state index in [2.05, 4.69) is 0 Å². The van der Waals surface area contributed by atoms with Gasteiger partial charge in [-0.25, -0.2) is 0 Å². The summed E-state index contributed by atoms with van der Waals surface area (Å²) in [7, 11) is 0. The molecule has 3 heteroatoms. The van der Waals surface area contributed by atoms with Crippen LogP contribution in [0.25, 0.3) is 0 Å². The molecule has 0 atom stereocenters. The van der Waals surface area contributed by atoms with Crippen LogP contribution in [0.15, 0.2) is 18.2 Å². The number of amides is 1. The Bertz CT molecular complexity index is 433. The number of aryl methyl sites for hydroxylation is 2. The second kappa shape index (κ2) is 5.53. The zero-order valence-electron chi connectivity index (χ0n) is 11.9. The second-order valence-corrected chi connectivity index (χ2v) is 5.43. The third-order valence-electron chi connectivity index (χ3n) is 3.00. The van der Waals surface area contributed by atoms with Gasteiger partial charge < -0.3 is 10.0 Å². The fourth-order valence-corrected chi connectivity index (χ4v) is 1.85. The molecule has 1 aromatic rings. The molecule has 0 aliphatic heterocycles. The highest BCUT2D eigenvalue weighted by molar-refractivity contribution is 5.94. The highest BCUT2D eigenvalue weighted by Crippen LogP contribution is 2.14. The topological polar surface area (TPSA) is 40.5 Å². The molecule has 0 unspecified atom stereocenters. The van der Waals surface area contributed by atoms with Gasteiger partial charge in [0.15, 0.2) is 0 Å². The molecule has 1 aromatic carbocycles. The monoisotopic (exact) mass is 249 g/mol. The highest BCUT2D eigenvalue weighted by atomic mass is 16.3. The van der Waals surface area contributed by atoms with E-state index in [1.807, 2.05) is 39.0 Å². The summed E-state index contributed by atoms with van der Waals surface area (Å²) in [4.78, 5) is 14.0. The first-order chi connectivity index (χ1) is 8.24. The van der Waals surface area contributed by atoms with Crippen molar-refractivity contribution >= 4 is 5.91 Å². The number of rotatable bonds is 4. The first-order valence-electron chi connectivity index (χ1n) is 6.33. The van der Waals surface area contributed by atoms with E-state index in [1.165, 1.54) is 5.56 Å². The van der Waals surface area contributed by atoms with Crippen LogP contribution in [-0.4, -0.2) is 34.6 Å². The molecule has 1 amide bonds. The predicted molar refractivity (Wildman–Crippen MR) is 73.8 cm³/mol. The van der Waals surface area contributed by atoms with Crippen molar-refractivity contribution in [2.24, 2.45) is 0 Å². The summed E-state index contributed by atoms with van der Waals surface area (Å²) in [6.45, 7) is 10.3. The van der Waals surface area contributed by atoms with Crippen LogP contribution in [0.1, 0.15) is 42.3 Å². The summed E-state index contributed by atoms with van der Waals surface area (Å²) in [6.07, 6.45) is 0. The largest absolute Gasteiger partial charge is 0.389 e. The van der Waals surface area contributed by atoms with E-state index in [4.69, 9.17) is 0 Å². The number of hydrogen-bond acceptors (Lipinski definition) is 2. The molecule has 0 saturated heterocycles. The highest BCUT2D eigenvalue weighted by Gasteiger charge is 2.22. The van der Waals surface area contributed by atoms with Crippen LogP contribution in [-0.2, 0) is 0 Å². The predicted octanol–water partition coefficient (Wildman–Crippen LogP) is 2.54. The van der Waals surface area contributed by atoms with Gasteiger partial charge >= 0.3 is 0 Å². The standard InChI is InChI=1S/C15H23NO2/c1-6-16(10-15(4,5)18)14(17)13-8-7-11(2)12(3)9-13/h7-9,18H,6,10H2,1-5H3. The molecule has 1 N–H and O–H groups in total. The fraction of sp³-hybridized carbons (Fsp3) is 0.533. The SMILES string of the molecule is CCN(CC(C)(C)O)C(=O)c1ccc(C)c(C)c1. The molecule has 0 saturated carbocycles. The molecule has 0 aliphatic rings. The molecule has 100 valence electrons. The second-order valence-electron chi connectivity index (χ2n) is 5.43. The van der Waals surface area contributed by atoms with Gasteiger partial charge in [0.25, 0.3) is 5.91 Å². The van der Waals surface area contributed by atoms with Crippen molar-refractivity contribution in [3.63, 3.8) is 0 Å². The van der Waals surface area contributed by atoms with Crippen LogP contribution in [0.2, 0.25) is 0 Å². The minimum absolute atomic E-state index is 0.0253. The molecular weight excluding hydrogens is 226 g/mol. The van der Waals surface area contributed by atoms with Gasteiger partial charge in [0.05, 0.1) is 5.60 Å². The zero-order chi connectivity index (χ0) is 13.9. The lowest BCUT2D eigenvalue weighted by atomic mass is 10.0. The normalized spacial score (nSPS) is 11.4. The van der Waals surface area contributed by atoms with E-state index in [0.717, 1.165) is 5.56 Å². The molecule has 18 heavy (non-hydrogen) atoms. The Morgan fingerprint density at radius 2 is 1.89 bits per heavy atom. The molecule has 0 aliphatic carbocycles. The number of nitrogens with zero attached hydrogens (tertiary/aromatic N) is 1. The molecule has 1 rings (SSSR count). The zero-order valence-corrected chi connectivity index (χ0v) is 11.9. The first-order valence-corrected chi connectivity index (χ1v) is 6.33. The lowest BCUT2D eigenvalue weighted by Crippen LogP contribution is -2.42. The Labute approximate surface area is 109 Å². The first kappa shape index (κ1) is 14.7. The molecule has 3 nitrogen and oxygen atoms in total. The van der Waals surface area contributed by atoms with E-state index >= 15 is 0 Å². The lowest BCUT2D eigenvalue weighted by molar-refractivity contribution is 0.0314. The van der Waals surface area contributed by atoms with Crippen LogP contribution in [0.4, 0.5) is 0 Å². The van der Waals surface area contributed by atoms with Crippen molar-refractivity contribution in [1.82, 2.24) is 4.90 Å². The van der Waals surface area contributed by atoms with Crippen molar-refractivity contribution in [3.05, 3.63) is 34.9 Å². The maximum Gasteiger partial charge on any atom is 0.253 e. The maximum absolute atomic E-state index is 12.3. The Kier molecular flexibility index (Phi) is 4.52. The number of benzene rings is 1. The number of carbonyl (C=O) groups excluding carboxylic acids is 1. The smallest absolute Gasteiger partial charge is 0.253 e.